The second kappa shape index (κ2) is 9.78. The minimum Gasteiger partial charge on any atom is -0.493 e. The van der Waals surface area contributed by atoms with Crippen LogP contribution in [0.25, 0.3) is 0 Å². The third-order valence-electron chi connectivity index (χ3n) is 5.52. The molecule has 140 valence electrons. The first kappa shape index (κ1) is 19.0. The van der Waals surface area contributed by atoms with E-state index in [4.69, 9.17) is 4.74 Å². The molecule has 0 atom stereocenters. The number of hydrogen-bond donors (Lipinski definition) is 0. The number of benzene rings is 2. The number of likely N-dealkylation sites (tertiary alicyclic amines) is 1. The Labute approximate surface area is 159 Å². The molecule has 0 saturated carbocycles. The second-order valence-electron chi connectivity index (χ2n) is 7.91. The van der Waals surface area contributed by atoms with Crippen LogP contribution >= 0.6 is 0 Å². The van der Waals surface area contributed by atoms with E-state index < -0.39 is 0 Å². The number of aryl methyl sites for hydroxylation is 1. The summed E-state index contributed by atoms with van der Waals surface area (Å²) in [6.45, 7) is 8.97. The Bertz CT molecular complexity index is 627. The van der Waals surface area contributed by atoms with Crippen LogP contribution in [-0.2, 0) is 6.42 Å². The summed E-state index contributed by atoms with van der Waals surface area (Å²) < 4.78 is 6.04. The highest BCUT2D eigenvalue weighted by Gasteiger charge is 2.19. The van der Waals surface area contributed by atoms with E-state index in [1.807, 2.05) is 0 Å². The smallest absolute Gasteiger partial charge is 0.119 e. The van der Waals surface area contributed by atoms with E-state index >= 15 is 0 Å². The van der Waals surface area contributed by atoms with Crippen molar-refractivity contribution in [2.75, 3.05) is 26.2 Å². The lowest BCUT2D eigenvalue weighted by molar-refractivity contribution is 0.140. The zero-order valence-corrected chi connectivity index (χ0v) is 16.4. The van der Waals surface area contributed by atoms with Crippen molar-refractivity contribution in [1.82, 2.24) is 4.90 Å². The molecule has 1 aliphatic rings. The molecule has 3 rings (SSSR count). The van der Waals surface area contributed by atoms with Crippen LogP contribution in [0.2, 0.25) is 0 Å². The van der Waals surface area contributed by atoms with Gasteiger partial charge < -0.3 is 9.64 Å². The van der Waals surface area contributed by atoms with Gasteiger partial charge >= 0.3 is 0 Å². The molecule has 0 spiro atoms. The fourth-order valence-electron chi connectivity index (χ4n) is 3.69. The van der Waals surface area contributed by atoms with Gasteiger partial charge in [0.15, 0.2) is 0 Å². The predicted octanol–water partition coefficient (Wildman–Crippen LogP) is 5.53. The van der Waals surface area contributed by atoms with E-state index in [0.717, 1.165) is 12.4 Å². The lowest BCUT2D eigenvalue weighted by atomic mass is 9.97. The van der Waals surface area contributed by atoms with Crippen molar-refractivity contribution in [2.45, 2.75) is 45.4 Å². The van der Waals surface area contributed by atoms with Gasteiger partial charge in [-0.25, -0.2) is 0 Å². The van der Waals surface area contributed by atoms with Crippen molar-refractivity contribution in [1.29, 1.82) is 0 Å². The molecular formula is C24H33NO. The van der Waals surface area contributed by atoms with Gasteiger partial charge in [0.05, 0.1) is 6.61 Å². The maximum atomic E-state index is 6.04. The quantitative estimate of drug-likeness (QED) is 0.620. The van der Waals surface area contributed by atoms with E-state index in [2.05, 4.69) is 73.3 Å². The van der Waals surface area contributed by atoms with Crippen molar-refractivity contribution < 1.29 is 4.74 Å². The molecule has 0 radical (unpaired) electrons. The SMILES string of the molecule is CC(C)c1ccc(OCC2CCN(CCCc3ccccc3)CC2)cc1. The highest BCUT2D eigenvalue weighted by Crippen LogP contribution is 2.22. The fraction of sp³-hybridized carbons (Fsp3) is 0.500. The Morgan fingerprint density at radius 3 is 2.31 bits per heavy atom. The fourth-order valence-corrected chi connectivity index (χ4v) is 3.69. The van der Waals surface area contributed by atoms with Gasteiger partial charge in [-0.2, -0.15) is 0 Å². The van der Waals surface area contributed by atoms with E-state index in [9.17, 15) is 0 Å². The molecule has 0 N–H and O–H groups in total. The van der Waals surface area contributed by atoms with Crippen molar-refractivity contribution >= 4 is 0 Å². The molecule has 0 aliphatic carbocycles. The zero-order valence-electron chi connectivity index (χ0n) is 16.4. The molecule has 0 aromatic heterocycles. The lowest BCUT2D eigenvalue weighted by Crippen LogP contribution is -2.36. The molecule has 1 saturated heterocycles. The van der Waals surface area contributed by atoms with Crippen molar-refractivity contribution in [3.05, 3.63) is 65.7 Å². The number of nitrogens with zero attached hydrogens (tertiary/aromatic N) is 1. The minimum absolute atomic E-state index is 0.579. The van der Waals surface area contributed by atoms with Gasteiger partial charge in [0.25, 0.3) is 0 Å². The van der Waals surface area contributed by atoms with Crippen LogP contribution in [0, 0.1) is 5.92 Å². The van der Waals surface area contributed by atoms with E-state index in [1.54, 1.807) is 0 Å². The van der Waals surface area contributed by atoms with Gasteiger partial charge in [0.2, 0.25) is 0 Å². The zero-order chi connectivity index (χ0) is 18.2. The maximum absolute atomic E-state index is 6.04. The van der Waals surface area contributed by atoms with Gasteiger partial charge in [0.1, 0.15) is 5.75 Å². The number of ether oxygens (including phenoxy) is 1. The summed E-state index contributed by atoms with van der Waals surface area (Å²) in [5.41, 5.74) is 2.83. The highest BCUT2D eigenvalue weighted by molar-refractivity contribution is 5.28. The average molecular weight is 352 g/mol. The van der Waals surface area contributed by atoms with Gasteiger partial charge in [-0.05, 0) is 80.4 Å². The standard InChI is InChI=1S/C24H33NO/c1-20(2)23-10-12-24(13-11-23)26-19-22-14-17-25(18-15-22)16-6-9-21-7-4-3-5-8-21/h3-5,7-8,10-13,20,22H,6,9,14-19H2,1-2H3. The van der Waals surface area contributed by atoms with Crippen molar-refractivity contribution in [3.8, 4) is 5.75 Å². The van der Waals surface area contributed by atoms with E-state index in [1.165, 1.54) is 56.4 Å². The first-order valence-corrected chi connectivity index (χ1v) is 10.2. The molecule has 1 aliphatic heterocycles. The minimum atomic E-state index is 0.579. The Morgan fingerprint density at radius 2 is 1.65 bits per heavy atom. The maximum Gasteiger partial charge on any atom is 0.119 e. The molecule has 2 nitrogen and oxygen atoms in total. The molecule has 1 fully saturated rings. The Kier molecular flexibility index (Phi) is 7.13. The van der Waals surface area contributed by atoms with Crippen molar-refractivity contribution in [2.24, 2.45) is 5.92 Å². The topological polar surface area (TPSA) is 12.5 Å². The van der Waals surface area contributed by atoms with E-state index in [-0.39, 0.29) is 0 Å². The van der Waals surface area contributed by atoms with Gasteiger partial charge in [0, 0.05) is 0 Å². The Hall–Kier alpha value is -1.80. The van der Waals surface area contributed by atoms with Crippen molar-refractivity contribution in [3.63, 3.8) is 0 Å². The van der Waals surface area contributed by atoms with Gasteiger partial charge in [-0.15, -0.1) is 0 Å². The Balaban J connectivity index is 1.32. The third-order valence-corrected chi connectivity index (χ3v) is 5.52. The molecule has 1 heterocycles. The van der Waals surface area contributed by atoms with Crippen LogP contribution in [0.4, 0.5) is 0 Å². The van der Waals surface area contributed by atoms with Gasteiger partial charge in [-0.3, -0.25) is 0 Å². The number of piperidine rings is 1. The largest absolute Gasteiger partial charge is 0.493 e. The summed E-state index contributed by atoms with van der Waals surface area (Å²) >= 11 is 0. The predicted molar refractivity (Wildman–Crippen MR) is 110 cm³/mol. The number of rotatable bonds is 8. The van der Waals surface area contributed by atoms with Crippen LogP contribution in [0.15, 0.2) is 54.6 Å². The molecule has 2 aromatic rings. The monoisotopic (exact) mass is 351 g/mol. The second-order valence-corrected chi connectivity index (χ2v) is 7.91. The molecule has 0 unspecified atom stereocenters. The normalized spacial score (nSPS) is 16.1. The molecular weight excluding hydrogens is 318 g/mol. The first-order chi connectivity index (χ1) is 12.7. The molecule has 2 heteroatoms. The lowest BCUT2D eigenvalue weighted by Gasteiger charge is -2.31. The highest BCUT2D eigenvalue weighted by atomic mass is 16.5. The third kappa shape index (κ3) is 5.88. The van der Waals surface area contributed by atoms with Crippen LogP contribution in [0.5, 0.6) is 5.75 Å². The van der Waals surface area contributed by atoms with Crippen LogP contribution in [0.3, 0.4) is 0 Å². The van der Waals surface area contributed by atoms with E-state index in [0.29, 0.717) is 11.8 Å². The van der Waals surface area contributed by atoms with Gasteiger partial charge in [-0.1, -0.05) is 56.3 Å². The number of hydrogen-bond acceptors (Lipinski definition) is 2. The Morgan fingerprint density at radius 1 is 0.962 bits per heavy atom. The molecule has 26 heavy (non-hydrogen) atoms. The van der Waals surface area contributed by atoms with Crippen LogP contribution in [0.1, 0.15) is 50.2 Å². The molecule has 0 bridgehead atoms. The summed E-state index contributed by atoms with van der Waals surface area (Å²) in [6, 6.07) is 19.4. The summed E-state index contributed by atoms with van der Waals surface area (Å²) in [5.74, 6) is 2.29. The molecule has 2 aromatic carbocycles. The summed E-state index contributed by atoms with van der Waals surface area (Å²) in [7, 11) is 0. The summed E-state index contributed by atoms with van der Waals surface area (Å²) in [6.07, 6.45) is 4.97. The average Bonchev–Trinajstić information content (AvgIpc) is 2.68. The summed E-state index contributed by atoms with van der Waals surface area (Å²) in [5, 5.41) is 0. The molecule has 0 amide bonds. The first-order valence-electron chi connectivity index (χ1n) is 10.2. The summed E-state index contributed by atoms with van der Waals surface area (Å²) in [4.78, 5) is 2.62. The van der Waals surface area contributed by atoms with Crippen LogP contribution in [-0.4, -0.2) is 31.1 Å². The van der Waals surface area contributed by atoms with Crippen LogP contribution < -0.4 is 4.74 Å².